The maximum atomic E-state index is 11.9. The fraction of sp³-hybridized carbons (Fsp3) is 0.154. The molecule has 0 atom stereocenters. The van der Waals surface area contributed by atoms with Gasteiger partial charge in [0.05, 0.1) is 29.8 Å². The number of methoxy groups -OCH3 is 1. The van der Waals surface area contributed by atoms with Gasteiger partial charge in [-0.3, -0.25) is 4.79 Å². The van der Waals surface area contributed by atoms with Crippen molar-refractivity contribution >= 4 is 22.7 Å². The summed E-state index contributed by atoms with van der Waals surface area (Å²) in [5, 5.41) is 12.9. The van der Waals surface area contributed by atoms with E-state index < -0.39 is 30.7 Å². The van der Waals surface area contributed by atoms with Crippen LogP contribution in [0.15, 0.2) is 18.7 Å². The highest BCUT2D eigenvalue weighted by Gasteiger charge is 2.24. The second-order valence-corrected chi connectivity index (χ2v) is 4.18. The number of ketones is 1. The molecule has 112 valence electrons. The molecule has 0 fully saturated rings. The van der Waals surface area contributed by atoms with E-state index in [2.05, 4.69) is 20.1 Å². The Morgan fingerprint density at radius 3 is 2.95 bits per heavy atom. The van der Waals surface area contributed by atoms with Gasteiger partial charge in [0.1, 0.15) is 19.2 Å². The lowest BCUT2D eigenvalue weighted by molar-refractivity contribution is -0.131. The molecule has 0 saturated heterocycles. The van der Waals surface area contributed by atoms with Gasteiger partial charge in [-0.1, -0.05) is 0 Å². The van der Waals surface area contributed by atoms with Gasteiger partial charge < -0.3 is 14.8 Å². The molecule has 2 N–H and O–H groups in total. The van der Waals surface area contributed by atoms with Gasteiger partial charge in [0.15, 0.2) is 5.82 Å². The van der Waals surface area contributed by atoms with Crippen LogP contribution in [0.5, 0.6) is 5.75 Å². The number of hydrogen-bond acceptors (Lipinski definition) is 6. The molecular formula is C13H11N5O4. The monoisotopic (exact) mass is 305 g/mol. The number of rotatable bonds is 4. The van der Waals surface area contributed by atoms with Crippen LogP contribution in [-0.2, 0) is 4.79 Å². The van der Waals surface area contributed by atoms with E-state index in [1.54, 1.807) is 0 Å². The Bertz CT molecular complexity index is 1040. The van der Waals surface area contributed by atoms with Crippen LogP contribution in [0.3, 0.4) is 0 Å². The van der Waals surface area contributed by atoms with Crippen LogP contribution in [0.25, 0.3) is 16.7 Å². The summed E-state index contributed by atoms with van der Waals surface area (Å²) in [6, 6.07) is 0. The van der Waals surface area contributed by atoms with Crippen molar-refractivity contribution in [1.82, 2.24) is 24.7 Å². The first-order chi connectivity index (χ1) is 12.1. The third-order valence-electron chi connectivity index (χ3n) is 2.96. The zero-order valence-electron chi connectivity index (χ0n) is 15.1. The number of nitrogens with zero attached hydrogens (tertiary/aromatic N) is 4. The first kappa shape index (κ1) is 9.66. The number of ether oxygens (including phenoxy) is 1. The van der Waals surface area contributed by atoms with Crippen molar-refractivity contribution in [2.75, 3.05) is 7.11 Å². The number of Topliss-reactive ketones (excluding diaryl/α,β-unsaturated/α-hetero) is 1. The molecule has 3 aromatic rings. The molecule has 3 heterocycles. The molecule has 3 rings (SSSR count). The minimum atomic E-state index is -2.62. The number of carbonyl (C=O) groups is 2. The standard InChI is InChI=1S/C13H11N5O4/c1-6-16-5-18(17-6)12-10-9(8(22-2)4-15-12)7(3-14-10)11(19)13(20)21/h3-5,14H,1-2H3,(H,20,21)/i1D3,5D. The van der Waals surface area contributed by atoms with Gasteiger partial charge in [-0.15, -0.1) is 0 Å². The summed E-state index contributed by atoms with van der Waals surface area (Å²) in [6.45, 7) is -2.62. The van der Waals surface area contributed by atoms with Crippen LogP contribution >= 0.6 is 0 Å². The molecule has 0 aliphatic heterocycles. The lowest BCUT2D eigenvalue weighted by Gasteiger charge is -2.06. The van der Waals surface area contributed by atoms with Crippen LogP contribution in [-0.4, -0.2) is 48.7 Å². The molecule has 9 nitrogen and oxygen atoms in total. The van der Waals surface area contributed by atoms with Crippen molar-refractivity contribution in [2.45, 2.75) is 6.85 Å². The van der Waals surface area contributed by atoms with Gasteiger partial charge in [0.25, 0.3) is 5.78 Å². The van der Waals surface area contributed by atoms with Crippen LogP contribution in [0.1, 0.15) is 21.7 Å². The predicted molar refractivity (Wildman–Crippen MR) is 74.3 cm³/mol. The van der Waals surface area contributed by atoms with Gasteiger partial charge in [0.2, 0.25) is 0 Å². The number of carboxylic acid groups (broad SMARTS) is 1. The van der Waals surface area contributed by atoms with E-state index in [4.69, 9.17) is 15.3 Å². The van der Waals surface area contributed by atoms with E-state index in [1.165, 1.54) is 19.5 Å². The lowest BCUT2D eigenvalue weighted by Crippen LogP contribution is -2.12. The van der Waals surface area contributed by atoms with Gasteiger partial charge >= 0.3 is 5.97 Å². The van der Waals surface area contributed by atoms with Crippen LogP contribution in [0.4, 0.5) is 0 Å². The second-order valence-electron chi connectivity index (χ2n) is 4.18. The number of pyridine rings is 1. The molecule has 22 heavy (non-hydrogen) atoms. The zero-order valence-corrected chi connectivity index (χ0v) is 11.1. The number of aromatic nitrogens is 5. The number of aliphatic carboxylic acids is 1. The minimum absolute atomic E-state index is 0.0294. The quantitative estimate of drug-likeness (QED) is 0.538. The van der Waals surface area contributed by atoms with E-state index in [1.807, 2.05) is 0 Å². The highest BCUT2D eigenvalue weighted by atomic mass is 16.5. The smallest absolute Gasteiger partial charge is 0.377 e. The van der Waals surface area contributed by atoms with Crippen LogP contribution in [0, 0.1) is 6.85 Å². The molecular weight excluding hydrogens is 290 g/mol. The normalized spacial score (nSPS) is 14.0. The molecule has 0 radical (unpaired) electrons. The van der Waals surface area contributed by atoms with E-state index in [9.17, 15) is 9.59 Å². The van der Waals surface area contributed by atoms with Crippen molar-refractivity contribution in [3.8, 4) is 11.6 Å². The maximum absolute atomic E-state index is 11.9. The van der Waals surface area contributed by atoms with E-state index in [0.29, 0.717) is 0 Å². The van der Waals surface area contributed by atoms with Gasteiger partial charge in [-0.2, -0.15) is 5.10 Å². The highest BCUT2D eigenvalue weighted by molar-refractivity contribution is 6.42. The van der Waals surface area contributed by atoms with Crippen molar-refractivity contribution in [3.63, 3.8) is 0 Å². The third-order valence-corrected chi connectivity index (χ3v) is 2.96. The molecule has 0 bridgehead atoms. The summed E-state index contributed by atoms with van der Waals surface area (Å²) < 4.78 is 35.8. The average Bonchev–Trinajstić information content (AvgIpc) is 3.17. The van der Waals surface area contributed by atoms with E-state index >= 15 is 0 Å². The maximum Gasteiger partial charge on any atom is 0.377 e. The fourth-order valence-corrected chi connectivity index (χ4v) is 2.04. The first-order valence-electron chi connectivity index (χ1n) is 7.91. The summed E-state index contributed by atoms with van der Waals surface area (Å²) >= 11 is 0. The van der Waals surface area contributed by atoms with Gasteiger partial charge in [-0.05, 0) is 6.85 Å². The summed E-state index contributed by atoms with van der Waals surface area (Å²) in [6.07, 6.45) is 1.89. The Kier molecular flexibility index (Phi) is 2.17. The Morgan fingerprint density at radius 1 is 1.50 bits per heavy atom. The van der Waals surface area contributed by atoms with Crippen molar-refractivity contribution in [2.24, 2.45) is 0 Å². The number of aryl methyl sites for hydroxylation is 1. The Balaban J connectivity index is 2.28. The lowest BCUT2D eigenvalue weighted by atomic mass is 10.1. The van der Waals surface area contributed by atoms with Gasteiger partial charge in [0, 0.05) is 10.3 Å². The number of carboxylic acids is 1. The van der Waals surface area contributed by atoms with E-state index in [-0.39, 0.29) is 28.0 Å². The van der Waals surface area contributed by atoms with Crippen molar-refractivity contribution < 1.29 is 24.9 Å². The molecule has 0 aliphatic carbocycles. The van der Waals surface area contributed by atoms with Crippen molar-refractivity contribution in [3.05, 3.63) is 30.1 Å². The number of carbonyl (C=O) groups excluding carboxylic acids is 1. The number of H-pyrrole nitrogens is 1. The first-order valence-corrected chi connectivity index (χ1v) is 5.91. The van der Waals surface area contributed by atoms with Crippen LogP contribution in [0.2, 0.25) is 0 Å². The minimum Gasteiger partial charge on any atom is -0.494 e. The molecule has 0 saturated carbocycles. The Labute approximate surface area is 129 Å². The van der Waals surface area contributed by atoms with Crippen molar-refractivity contribution in [1.29, 1.82) is 0 Å². The number of aromatic amines is 1. The zero-order chi connectivity index (χ0) is 19.2. The third kappa shape index (κ3) is 1.99. The second kappa shape index (κ2) is 4.95. The molecule has 3 aromatic heterocycles. The Morgan fingerprint density at radius 2 is 2.32 bits per heavy atom. The van der Waals surface area contributed by atoms with Crippen LogP contribution < -0.4 is 4.74 Å². The molecule has 0 unspecified atom stereocenters. The topological polar surface area (TPSA) is 123 Å². The molecule has 0 aromatic carbocycles. The summed E-state index contributed by atoms with van der Waals surface area (Å²) in [5.41, 5.74) is -0.0277. The summed E-state index contributed by atoms with van der Waals surface area (Å²) in [4.78, 5) is 33.3. The predicted octanol–water partition coefficient (Wildman–Crippen LogP) is 0.728. The number of fused-ring (bicyclic) bond motifs is 1. The average molecular weight is 305 g/mol. The molecule has 9 heteroatoms. The highest BCUT2D eigenvalue weighted by Crippen LogP contribution is 2.31. The fourth-order valence-electron chi connectivity index (χ4n) is 2.04. The number of nitrogens with one attached hydrogen (secondary N) is 1. The Hall–Kier alpha value is -3.23. The van der Waals surface area contributed by atoms with Gasteiger partial charge in [-0.25, -0.2) is 19.4 Å². The summed E-state index contributed by atoms with van der Waals surface area (Å²) in [7, 11) is 1.32. The SMILES string of the molecule is [2H]c1nc(C([2H])([2H])[2H])nn1-c1ncc(OC)c2c(C(=O)C(=O)O)c[nH]c12. The summed E-state index contributed by atoms with van der Waals surface area (Å²) in [5.74, 6) is -3.27. The van der Waals surface area contributed by atoms with E-state index in [0.717, 1.165) is 4.68 Å². The molecule has 0 spiro atoms. The number of hydrogen-bond donors (Lipinski definition) is 2. The molecule has 0 aliphatic rings. The molecule has 0 amide bonds. The largest absolute Gasteiger partial charge is 0.494 e.